The van der Waals surface area contributed by atoms with E-state index in [1.165, 1.54) is 6.20 Å². The fourth-order valence-electron chi connectivity index (χ4n) is 2.51. The molecule has 0 radical (unpaired) electrons. The largest absolute Gasteiger partial charge is 0.384 e. The summed E-state index contributed by atoms with van der Waals surface area (Å²) < 4.78 is 33.3. The maximum atomic E-state index is 12.3. The van der Waals surface area contributed by atoms with Crippen LogP contribution in [0, 0.1) is 5.41 Å². The molecular weight excluding hydrogens is 394 g/mol. The number of aromatic nitrogens is 1. The van der Waals surface area contributed by atoms with Crippen molar-refractivity contribution in [1.82, 2.24) is 15.0 Å². The number of hydrogen-bond donors (Lipinski definition) is 2. The second-order valence-corrected chi connectivity index (χ2v) is 8.03. The Hall–Kier alpha value is -0.250. The van der Waals surface area contributed by atoms with Crippen LogP contribution in [0.25, 0.3) is 0 Å². The van der Waals surface area contributed by atoms with Crippen molar-refractivity contribution >= 4 is 38.4 Å². The summed E-state index contributed by atoms with van der Waals surface area (Å²) in [6, 6.07) is 1.54. The Morgan fingerprint density at radius 2 is 2.09 bits per heavy atom. The highest BCUT2D eigenvalue weighted by atomic mass is 79.9. The second kappa shape index (κ2) is 8.56. The van der Waals surface area contributed by atoms with E-state index in [-0.39, 0.29) is 22.7 Å². The van der Waals surface area contributed by atoms with Crippen LogP contribution in [0.1, 0.15) is 12.8 Å². The number of halogens is 2. The van der Waals surface area contributed by atoms with Crippen molar-refractivity contribution in [3.05, 3.63) is 22.9 Å². The molecule has 0 aliphatic carbocycles. The number of rotatable bonds is 6. The SMILES string of the molecule is COCC1(CNS(=O)(=O)c2cncc(Br)c2)CCNCC1.Cl. The van der Waals surface area contributed by atoms with Gasteiger partial charge in [0.15, 0.2) is 0 Å². The van der Waals surface area contributed by atoms with Gasteiger partial charge in [0.1, 0.15) is 4.90 Å². The van der Waals surface area contributed by atoms with Crippen molar-refractivity contribution in [2.45, 2.75) is 17.7 Å². The minimum absolute atomic E-state index is 0. The molecule has 0 unspecified atom stereocenters. The van der Waals surface area contributed by atoms with Gasteiger partial charge in [-0.15, -0.1) is 12.4 Å². The number of nitrogens with zero attached hydrogens (tertiary/aromatic N) is 1. The van der Waals surface area contributed by atoms with Crippen LogP contribution in [0.15, 0.2) is 27.8 Å². The summed E-state index contributed by atoms with van der Waals surface area (Å²) in [6.07, 6.45) is 4.68. The summed E-state index contributed by atoms with van der Waals surface area (Å²) in [6.45, 7) is 2.68. The molecule has 9 heteroatoms. The summed E-state index contributed by atoms with van der Waals surface area (Å²) in [5.41, 5.74) is -0.146. The normalized spacial score (nSPS) is 17.7. The molecular formula is C13H21BrClN3O3S. The molecule has 1 aliphatic heterocycles. The van der Waals surface area contributed by atoms with Crippen molar-refractivity contribution in [3.63, 3.8) is 0 Å². The first kappa shape index (κ1) is 19.8. The zero-order chi connectivity index (χ0) is 15.3. The van der Waals surface area contributed by atoms with Gasteiger partial charge in [-0.1, -0.05) is 0 Å². The van der Waals surface area contributed by atoms with Crippen molar-refractivity contribution < 1.29 is 13.2 Å². The Labute approximate surface area is 146 Å². The maximum absolute atomic E-state index is 12.3. The third-order valence-electron chi connectivity index (χ3n) is 3.74. The minimum Gasteiger partial charge on any atom is -0.384 e. The first-order chi connectivity index (χ1) is 9.97. The van der Waals surface area contributed by atoms with E-state index in [1.807, 2.05) is 0 Å². The van der Waals surface area contributed by atoms with Gasteiger partial charge in [-0.2, -0.15) is 0 Å². The predicted molar refractivity (Wildman–Crippen MR) is 90.8 cm³/mol. The van der Waals surface area contributed by atoms with Gasteiger partial charge in [-0.3, -0.25) is 4.98 Å². The highest BCUT2D eigenvalue weighted by molar-refractivity contribution is 9.10. The zero-order valence-electron chi connectivity index (χ0n) is 12.3. The molecule has 2 heterocycles. The molecule has 1 fully saturated rings. The van der Waals surface area contributed by atoms with Crippen molar-refractivity contribution in [2.24, 2.45) is 5.41 Å². The number of nitrogens with one attached hydrogen (secondary N) is 2. The molecule has 1 aromatic rings. The van der Waals surface area contributed by atoms with Gasteiger partial charge >= 0.3 is 0 Å². The molecule has 0 amide bonds. The smallest absolute Gasteiger partial charge is 0.242 e. The number of pyridine rings is 1. The van der Waals surface area contributed by atoms with Gasteiger partial charge < -0.3 is 10.1 Å². The molecule has 0 saturated carbocycles. The van der Waals surface area contributed by atoms with Gasteiger partial charge in [-0.05, 0) is 47.9 Å². The quantitative estimate of drug-likeness (QED) is 0.738. The average molecular weight is 415 g/mol. The molecule has 2 rings (SSSR count). The number of ether oxygens (including phenoxy) is 1. The van der Waals surface area contributed by atoms with Crippen molar-refractivity contribution in [1.29, 1.82) is 0 Å². The van der Waals surface area contributed by atoms with Crippen LogP contribution in [0.3, 0.4) is 0 Å². The van der Waals surface area contributed by atoms with Gasteiger partial charge in [0.05, 0.1) is 6.61 Å². The lowest BCUT2D eigenvalue weighted by Gasteiger charge is -2.37. The van der Waals surface area contributed by atoms with Gasteiger partial charge in [0.2, 0.25) is 10.0 Å². The Bertz CT molecular complexity index is 574. The lowest BCUT2D eigenvalue weighted by Crippen LogP contribution is -2.47. The second-order valence-electron chi connectivity index (χ2n) is 5.35. The lowest BCUT2D eigenvalue weighted by molar-refractivity contribution is 0.0577. The molecule has 2 N–H and O–H groups in total. The summed E-state index contributed by atoms with van der Waals surface area (Å²) in [5, 5.41) is 3.29. The fourth-order valence-corrected chi connectivity index (χ4v) is 4.17. The Morgan fingerprint density at radius 3 is 2.68 bits per heavy atom. The number of hydrogen-bond acceptors (Lipinski definition) is 5. The third kappa shape index (κ3) is 5.14. The van der Waals surface area contributed by atoms with Crippen molar-refractivity contribution in [3.8, 4) is 0 Å². The molecule has 1 saturated heterocycles. The molecule has 0 bridgehead atoms. The third-order valence-corrected chi connectivity index (χ3v) is 5.54. The Morgan fingerprint density at radius 1 is 1.41 bits per heavy atom. The monoisotopic (exact) mass is 413 g/mol. The number of sulfonamides is 1. The molecule has 126 valence electrons. The summed E-state index contributed by atoms with van der Waals surface area (Å²) >= 11 is 3.23. The minimum atomic E-state index is -3.56. The number of piperidine rings is 1. The van der Waals surface area contributed by atoms with E-state index in [0.29, 0.717) is 17.6 Å². The first-order valence-corrected chi connectivity index (χ1v) is 9.05. The lowest BCUT2D eigenvalue weighted by atomic mass is 9.80. The van der Waals surface area contributed by atoms with E-state index < -0.39 is 10.0 Å². The summed E-state index contributed by atoms with van der Waals surface area (Å²) in [7, 11) is -1.91. The molecule has 0 atom stereocenters. The molecule has 1 aliphatic rings. The van der Waals surface area contributed by atoms with E-state index in [0.717, 1.165) is 25.9 Å². The van der Waals surface area contributed by atoms with Gasteiger partial charge in [0, 0.05) is 35.9 Å². The van der Waals surface area contributed by atoms with Crippen LogP contribution >= 0.6 is 28.3 Å². The first-order valence-electron chi connectivity index (χ1n) is 6.77. The van der Waals surface area contributed by atoms with Crippen LogP contribution < -0.4 is 10.0 Å². The van der Waals surface area contributed by atoms with E-state index in [1.54, 1.807) is 19.4 Å². The topological polar surface area (TPSA) is 80.3 Å². The van der Waals surface area contributed by atoms with Crippen molar-refractivity contribution in [2.75, 3.05) is 33.4 Å². The van der Waals surface area contributed by atoms with Gasteiger partial charge in [-0.25, -0.2) is 13.1 Å². The highest BCUT2D eigenvalue weighted by Gasteiger charge is 2.33. The van der Waals surface area contributed by atoms with E-state index in [2.05, 4.69) is 31.0 Å². The fraction of sp³-hybridized carbons (Fsp3) is 0.615. The molecule has 1 aromatic heterocycles. The molecule has 22 heavy (non-hydrogen) atoms. The maximum Gasteiger partial charge on any atom is 0.242 e. The summed E-state index contributed by atoms with van der Waals surface area (Å²) in [4.78, 5) is 4.06. The van der Waals surface area contributed by atoms with E-state index in [4.69, 9.17) is 4.74 Å². The van der Waals surface area contributed by atoms with Gasteiger partial charge in [0.25, 0.3) is 0 Å². The Kier molecular flexibility index (Phi) is 7.70. The van der Waals surface area contributed by atoms with Crippen LogP contribution in [0.5, 0.6) is 0 Å². The molecule has 0 spiro atoms. The van der Waals surface area contributed by atoms with Crippen LogP contribution in [0.4, 0.5) is 0 Å². The number of methoxy groups -OCH3 is 1. The molecule has 6 nitrogen and oxygen atoms in total. The van der Waals surface area contributed by atoms with Crippen LogP contribution in [-0.4, -0.2) is 46.8 Å². The summed E-state index contributed by atoms with van der Waals surface area (Å²) in [5.74, 6) is 0. The standard InChI is InChI=1S/C13H20BrN3O3S.ClH/c1-20-10-13(2-4-15-5-3-13)9-17-21(18,19)12-6-11(14)7-16-8-12;/h6-8,15,17H,2-5,9-10H2,1H3;1H. The average Bonchev–Trinajstić information content (AvgIpc) is 2.47. The van der Waals surface area contributed by atoms with E-state index >= 15 is 0 Å². The van der Waals surface area contributed by atoms with Crippen LogP contribution in [0.2, 0.25) is 0 Å². The Balaban J connectivity index is 0.00000242. The van der Waals surface area contributed by atoms with E-state index in [9.17, 15) is 8.42 Å². The highest BCUT2D eigenvalue weighted by Crippen LogP contribution is 2.29. The zero-order valence-corrected chi connectivity index (χ0v) is 15.6. The predicted octanol–water partition coefficient (Wildman–Crippen LogP) is 1.56. The van der Waals surface area contributed by atoms with Crippen LogP contribution in [-0.2, 0) is 14.8 Å². The molecule has 0 aromatic carbocycles.